The third-order valence-corrected chi connectivity index (χ3v) is 6.23. The number of benzene rings is 3. The van der Waals surface area contributed by atoms with Crippen molar-refractivity contribution in [3.05, 3.63) is 87.4 Å². The van der Waals surface area contributed by atoms with E-state index < -0.39 is 0 Å². The van der Waals surface area contributed by atoms with Gasteiger partial charge in [-0.1, -0.05) is 57.9 Å². The quantitative estimate of drug-likeness (QED) is 0.322. The van der Waals surface area contributed by atoms with E-state index >= 15 is 0 Å². The summed E-state index contributed by atoms with van der Waals surface area (Å²) in [6.07, 6.45) is 1.73. The van der Waals surface area contributed by atoms with Gasteiger partial charge in [-0.25, -0.2) is 0 Å². The molecular formula is C27H23BrClN3O4. The standard InChI is InChI=1S/C27H23BrClN3O4/c1-3-35-24-14-18(13-20-17(2)31-32(27(20)34)23-12-8-7-11-22(23)29)21(28)15-25(24)36-16-26(33)30-19-9-5-4-6-10-19/h4-15H,3,16H2,1-2H3,(H,30,33). The average Bonchev–Trinajstić information content (AvgIpc) is 3.14. The van der Waals surface area contributed by atoms with Crippen molar-refractivity contribution >= 4 is 62.5 Å². The lowest BCUT2D eigenvalue weighted by Crippen LogP contribution is -2.21. The lowest BCUT2D eigenvalue weighted by atomic mass is 10.1. The number of carbonyl (C=O) groups excluding carboxylic acids is 2. The first-order valence-corrected chi connectivity index (χ1v) is 12.3. The van der Waals surface area contributed by atoms with Gasteiger partial charge in [0.05, 0.1) is 28.6 Å². The van der Waals surface area contributed by atoms with Gasteiger partial charge in [-0.05, 0) is 61.9 Å². The zero-order valence-electron chi connectivity index (χ0n) is 19.6. The largest absolute Gasteiger partial charge is 0.490 e. The highest BCUT2D eigenvalue weighted by Crippen LogP contribution is 2.36. The molecular weight excluding hydrogens is 546 g/mol. The minimum atomic E-state index is -0.297. The molecule has 1 N–H and O–H groups in total. The van der Waals surface area contributed by atoms with Gasteiger partial charge in [0.15, 0.2) is 18.1 Å². The fraction of sp³-hybridized carbons (Fsp3) is 0.148. The van der Waals surface area contributed by atoms with Gasteiger partial charge in [0.1, 0.15) is 0 Å². The van der Waals surface area contributed by atoms with Crippen LogP contribution in [-0.4, -0.2) is 30.7 Å². The molecule has 36 heavy (non-hydrogen) atoms. The molecule has 7 nitrogen and oxygen atoms in total. The summed E-state index contributed by atoms with van der Waals surface area (Å²) < 4.78 is 12.2. The minimum Gasteiger partial charge on any atom is -0.490 e. The molecule has 3 aromatic carbocycles. The molecule has 0 aromatic heterocycles. The summed E-state index contributed by atoms with van der Waals surface area (Å²) in [5.74, 6) is 0.260. The molecule has 0 radical (unpaired) electrons. The number of halogens is 2. The Hall–Kier alpha value is -3.62. The Balaban J connectivity index is 1.55. The molecule has 1 aliphatic heterocycles. The van der Waals surface area contributed by atoms with Crippen molar-refractivity contribution in [1.82, 2.24) is 0 Å². The predicted molar refractivity (Wildman–Crippen MR) is 146 cm³/mol. The van der Waals surface area contributed by atoms with Gasteiger partial charge in [-0.3, -0.25) is 9.59 Å². The van der Waals surface area contributed by atoms with Crippen LogP contribution in [0.25, 0.3) is 6.08 Å². The lowest BCUT2D eigenvalue weighted by Gasteiger charge is -2.15. The average molecular weight is 569 g/mol. The number of nitrogens with zero attached hydrogens (tertiary/aromatic N) is 2. The molecule has 0 spiro atoms. The number of para-hydroxylation sites is 2. The first-order chi connectivity index (χ1) is 17.4. The second-order valence-electron chi connectivity index (χ2n) is 7.77. The van der Waals surface area contributed by atoms with Crippen molar-refractivity contribution in [2.75, 3.05) is 23.5 Å². The van der Waals surface area contributed by atoms with E-state index in [1.54, 1.807) is 61.5 Å². The zero-order chi connectivity index (χ0) is 25.7. The summed E-state index contributed by atoms with van der Waals surface area (Å²) >= 11 is 9.82. The van der Waals surface area contributed by atoms with Crippen LogP contribution in [0.3, 0.4) is 0 Å². The number of carbonyl (C=O) groups is 2. The third-order valence-electron chi connectivity index (χ3n) is 5.22. The predicted octanol–water partition coefficient (Wildman–Crippen LogP) is 6.32. The maximum absolute atomic E-state index is 13.2. The number of nitrogens with one attached hydrogen (secondary N) is 1. The van der Waals surface area contributed by atoms with Crippen LogP contribution in [0.15, 0.2) is 81.9 Å². The molecule has 1 aliphatic rings. The van der Waals surface area contributed by atoms with Crippen molar-refractivity contribution in [3.8, 4) is 11.5 Å². The molecule has 0 saturated carbocycles. The van der Waals surface area contributed by atoms with E-state index in [-0.39, 0.29) is 18.4 Å². The normalized spacial score (nSPS) is 14.1. The SMILES string of the molecule is CCOc1cc(C=C2C(=O)N(c3ccccc3Cl)N=C2C)c(Br)cc1OCC(=O)Nc1ccccc1. The van der Waals surface area contributed by atoms with Crippen LogP contribution >= 0.6 is 27.5 Å². The van der Waals surface area contributed by atoms with Crippen LogP contribution in [0.5, 0.6) is 11.5 Å². The van der Waals surface area contributed by atoms with Gasteiger partial charge in [0.25, 0.3) is 11.8 Å². The molecule has 1 heterocycles. The van der Waals surface area contributed by atoms with Crippen molar-refractivity contribution in [2.24, 2.45) is 5.10 Å². The molecule has 0 aliphatic carbocycles. The topological polar surface area (TPSA) is 80.2 Å². The van der Waals surface area contributed by atoms with Crippen molar-refractivity contribution in [1.29, 1.82) is 0 Å². The molecule has 0 fully saturated rings. The Labute approximate surface area is 222 Å². The van der Waals surface area contributed by atoms with E-state index in [0.717, 1.165) is 0 Å². The molecule has 0 saturated heterocycles. The molecule has 0 atom stereocenters. The molecule has 3 aromatic rings. The monoisotopic (exact) mass is 567 g/mol. The number of hydrazone groups is 1. The number of hydrogen-bond acceptors (Lipinski definition) is 5. The van der Waals surface area contributed by atoms with Crippen LogP contribution in [-0.2, 0) is 9.59 Å². The Morgan fingerprint density at radius 1 is 1.08 bits per heavy atom. The van der Waals surface area contributed by atoms with Gasteiger partial charge in [0, 0.05) is 10.2 Å². The highest BCUT2D eigenvalue weighted by molar-refractivity contribution is 9.10. The van der Waals surface area contributed by atoms with E-state index in [1.165, 1.54) is 5.01 Å². The van der Waals surface area contributed by atoms with Crippen LogP contribution in [0, 0.1) is 0 Å². The molecule has 9 heteroatoms. The lowest BCUT2D eigenvalue weighted by molar-refractivity contribution is -0.118. The van der Waals surface area contributed by atoms with Gasteiger partial charge in [-0.2, -0.15) is 10.1 Å². The Kier molecular flexibility index (Phi) is 8.07. The second-order valence-corrected chi connectivity index (χ2v) is 9.03. The molecule has 0 bridgehead atoms. The Bertz CT molecular complexity index is 1360. The molecule has 2 amide bonds. The summed E-state index contributed by atoms with van der Waals surface area (Å²) in [7, 11) is 0. The van der Waals surface area contributed by atoms with Gasteiger partial charge in [-0.15, -0.1) is 0 Å². The second kappa shape index (κ2) is 11.4. The summed E-state index contributed by atoms with van der Waals surface area (Å²) in [4.78, 5) is 25.5. The van der Waals surface area contributed by atoms with Crippen molar-refractivity contribution in [3.63, 3.8) is 0 Å². The minimum absolute atomic E-state index is 0.196. The maximum Gasteiger partial charge on any atom is 0.280 e. The van der Waals surface area contributed by atoms with Crippen LogP contribution in [0.2, 0.25) is 5.02 Å². The van der Waals surface area contributed by atoms with Crippen molar-refractivity contribution in [2.45, 2.75) is 13.8 Å². The highest BCUT2D eigenvalue weighted by Gasteiger charge is 2.30. The number of amides is 2. The van der Waals surface area contributed by atoms with Crippen molar-refractivity contribution < 1.29 is 19.1 Å². The summed E-state index contributed by atoms with van der Waals surface area (Å²) in [6.45, 7) is 3.81. The zero-order valence-corrected chi connectivity index (χ0v) is 22.0. The molecule has 0 unspecified atom stereocenters. The fourth-order valence-corrected chi connectivity index (χ4v) is 4.18. The van der Waals surface area contributed by atoms with Gasteiger partial charge in [0.2, 0.25) is 0 Å². The van der Waals surface area contributed by atoms with E-state index in [2.05, 4.69) is 26.3 Å². The Morgan fingerprint density at radius 3 is 2.50 bits per heavy atom. The third kappa shape index (κ3) is 5.78. The summed E-state index contributed by atoms with van der Waals surface area (Å²) in [6, 6.07) is 19.6. The fourth-order valence-electron chi connectivity index (χ4n) is 3.53. The first kappa shape index (κ1) is 25.5. The number of ether oxygens (including phenoxy) is 2. The summed E-state index contributed by atoms with van der Waals surface area (Å²) in [5, 5.41) is 8.90. The van der Waals surface area contributed by atoms with Gasteiger partial charge < -0.3 is 14.8 Å². The van der Waals surface area contributed by atoms with Crippen LogP contribution in [0.4, 0.5) is 11.4 Å². The first-order valence-electron chi connectivity index (χ1n) is 11.2. The Morgan fingerprint density at radius 2 is 1.78 bits per heavy atom. The van der Waals surface area contributed by atoms with E-state index in [0.29, 0.717) is 55.8 Å². The summed E-state index contributed by atoms with van der Waals surface area (Å²) in [5.41, 5.74) is 2.87. The van der Waals surface area contributed by atoms with Crippen LogP contribution < -0.4 is 19.8 Å². The van der Waals surface area contributed by atoms with Gasteiger partial charge >= 0.3 is 0 Å². The van der Waals surface area contributed by atoms with E-state index in [4.69, 9.17) is 21.1 Å². The number of anilines is 2. The number of rotatable bonds is 8. The van der Waals surface area contributed by atoms with Crippen LogP contribution in [0.1, 0.15) is 19.4 Å². The maximum atomic E-state index is 13.2. The molecule has 184 valence electrons. The van der Waals surface area contributed by atoms with E-state index in [1.807, 2.05) is 25.1 Å². The highest BCUT2D eigenvalue weighted by atomic mass is 79.9. The number of hydrogen-bond donors (Lipinski definition) is 1. The molecule has 4 rings (SSSR count). The van der Waals surface area contributed by atoms with E-state index in [9.17, 15) is 9.59 Å². The smallest absolute Gasteiger partial charge is 0.280 e.